The number of anilines is 1. The Morgan fingerprint density at radius 2 is 1.93 bits per heavy atom. The number of carbonyl (C=O) groups excluding carboxylic acids is 1. The third-order valence-electron chi connectivity index (χ3n) is 5.22. The lowest BCUT2D eigenvalue weighted by atomic mass is 10.2. The van der Waals surface area contributed by atoms with Crippen molar-refractivity contribution >= 4 is 34.0 Å². The Balaban J connectivity index is 1.14. The second-order valence-electron chi connectivity index (χ2n) is 7.54. The van der Waals surface area contributed by atoms with Crippen molar-refractivity contribution in [3.05, 3.63) is 46.3 Å². The topological polar surface area (TPSA) is 87.4 Å². The van der Waals surface area contributed by atoms with Crippen LogP contribution in [0, 0.1) is 0 Å². The molecule has 1 aliphatic carbocycles. The number of hydrogen-bond acceptors (Lipinski definition) is 8. The summed E-state index contributed by atoms with van der Waals surface area (Å²) >= 11 is 7.42. The zero-order valence-electron chi connectivity index (χ0n) is 16.3. The number of piperazine rings is 1. The van der Waals surface area contributed by atoms with Gasteiger partial charge in [0, 0.05) is 48.2 Å². The standard InChI is InChI=1S/C20H21ClN6O2S/c21-14-3-1-13(2-4-14)18-24-17(29-25-18)11-26-7-9-27(10-8-26)19(28)16-12-30-20(23-16)22-15-5-6-15/h1-4,12,15H,5-11H2,(H,22,23). The van der Waals surface area contributed by atoms with Crippen molar-refractivity contribution in [3.63, 3.8) is 0 Å². The van der Waals surface area contributed by atoms with Gasteiger partial charge in [-0.3, -0.25) is 9.69 Å². The van der Waals surface area contributed by atoms with Crippen molar-refractivity contribution in [3.8, 4) is 11.4 Å². The summed E-state index contributed by atoms with van der Waals surface area (Å²) in [6.07, 6.45) is 2.37. The van der Waals surface area contributed by atoms with Gasteiger partial charge >= 0.3 is 0 Å². The van der Waals surface area contributed by atoms with Gasteiger partial charge in [-0.05, 0) is 37.1 Å². The first kappa shape index (κ1) is 19.5. The zero-order valence-corrected chi connectivity index (χ0v) is 17.8. The number of benzene rings is 1. The maximum absolute atomic E-state index is 12.7. The quantitative estimate of drug-likeness (QED) is 0.623. The first-order valence-corrected chi connectivity index (χ1v) is 11.2. The van der Waals surface area contributed by atoms with E-state index in [9.17, 15) is 4.79 Å². The first-order chi connectivity index (χ1) is 14.6. The molecule has 1 amide bonds. The number of thiazole rings is 1. The number of hydrogen-bond donors (Lipinski definition) is 1. The Labute approximate surface area is 182 Å². The fourth-order valence-electron chi connectivity index (χ4n) is 3.34. The molecule has 30 heavy (non-hydrogen) atoms. The number of halogens is 1. The third kappa shape index (κ3) is 4.48. The molecule has 1 aromatic carbocycles. The molecule has 1 saturated heterocycles. The average molecular weight is 445 g/mol. The number of nitrogens with zero attached hydrogens (tertiary/aromatic N) is 5. The van der Waals surface area contributed by atoms with Gasteiger partial charge in [0.05, 0.1) is 6.54 Å². The van der Waals surface area contributed by atoms with Crippen LogP contribution >= 0.6 is 22.9 Å². The minimum absolute atomic E-state index is 0.00226. The molecule has 1 N–H and O–H groups in total. The van der Waals surface area contributed by atoms with Crippen LogP contribution in [-0.2, 0) is 6.54 Å². The lowest BCUT2D eigenvalue weighted by Crippen LogP contribution is -2.48. The molecular weight excluding hydrogens is 424 g/mol. The molecule has 3 aromatic rings. The van der Waals surface area contributed by atoms with Crippen molar-refractivity contribution < 1.29 is 9.32 Å². The van der Waals surface area contributed by atoms with Gasteiger partial charge in [0.15, 0.2) is 5.13 Å². The molecule has 2 aromatic heterocycles. The van der Waals surface area contributed by atoms with Crippen LogP contribution in [0.4, 0.5) is 5.13 Å². The molecule has 0 radical (unpaired) electrons. The molecule has 3 heterocycles. The molecule has 1 saturated carbocycles. The van der Waals surface area contributed by atoms with E-state index in [0.717, 1.165) is 23.8 Å². The second kappa shape index (κ2) is 8.33. The molecule has 2 aliphatic rings. The highest BCUT2D eigenvalue weighted by Crippen LogP contribution is 2.27. The Kier molecular flexibility index (Phi) is 5.41. The highest BCUT2D eigenvalue weighted by Gasteiger charge is 2.26. The molecule has 5 rings (SSSR count). The van der Waals surface area contributed by atoms with Gasteiger partial charge in [0.2, 0.25) is 11.7 Å². The average Bonchev–Trinajstić information content (AvgIpc) is 3.24. The smallest absolute Gasteiger partial charge is 0.273 e. The number of aromatic nitrogens is 3. The van der Waals surface area contributed by atoms with E-state index in [0.29, 0.717) is 48.1 Å². The lowest BCUT2D eigenvalue weighted by Gasteiger charge is -2.33. The maximum atomic E-state index is 12.7. The van der Waals surface area contributed by atoms with Crippen LogP contribution in [0.2, 0.25) is 5.02 Å². The summed E-state index contributed by atoms with van der Waals surface area (Å²) in [5.74, 6) is 1.11. The summed E-state index contributed by atoms with van der Waals surface area (Å²) in [5, 5.41) is 10.8. The van der Waals surface area contributed by atoms with Crippen LogP contribution < -0.4 is 5.32 Å². The fraction of sp³-hybridized carbons (Fsp3) is 0.400. The van der Waals surface area contributed by atoms with Crippen LogP contribution in [-0.4, -0.2) is 63.1 Å². The number of carbonyl (C=O) groups is 1. The normalized spacial score (nSPS) is 17.3. The van der Waals surface area contributed by atoms with Crippen LogP contribution in [0.15, 0.2) is 34.2 Å². The van der Waals surface area contributed by atoms with Gasteiger partial charge in [-0.1, -0.05) is 16.8 Å². The summed E-state index contributed by atoms with van der Waals surface area (Å²) in [4.78, 5) is 25.7. The summed E-state index contributed by atoms with van der Waals surface area (Å²) in [6.45, 7) is 3.37. The van der Waals surface area contributed by atoms with Gasteiger partial charge in [0.25, 0.3) is 5.91 Å². The number of amides is 1. The predicted molar refractivity (Wildman–Crippen MR) is 115 cm³/mol. The molecule has 1 aliphatic heterocycles. The van der Waals surface area contributed by atoms with Crippen molar-refractivity contribution in [2.45, 2.75) is 25.4 Å². The van der Waals surface area contributed by atoms with E-state index in [1.165, 1.54) is 24.2 Å². The van der Waals surface area contributed by atoms with E-state index in [1.807, 2.05) is 22.4 Å². The van der Waals surface area contributed by atoms with Gasteiger partial charge < -0.3 is 14.7 Å². The van der Waals surface area contributed by atoms with Crippen LogP contribution in [0.25, 0.3) is 11.4 Å². The van der Waals surface area contributed by atoms with Gasteiger partial charge in [0.1, 0.15) is 5.69 Å². The van der Waals surface area contributed by atoms with Gasteiger partial charge in [-0.25, -0.2) is 4.98 Å². The van der Waals surface area contributed by atoms with Crippen LogP contribution in [0.3, 0.4) is 0 Å². The van der Waals surface area contributed by atoms with Crippen LogP contribution in [0.1, 0.15) is 29.2 Å². The van der Waals surface area contributed by atoms with Gasteiger partial charge in [-0.2, -0.15) is 4.98 Å². The molecular formula is C20H21ClN6O2S. The highest BCUT2D eigenvalue weighted by atomic mass is 35.5. The summed E-state index contributed by atoms with van der Waals surface area (Å²) in [5.41, 5.74) is 1.39. The minimum Gasteiger partial charge on any atom is -0.359 e. The Bertz CT molecular complexity index is 1020. The van der Waals surface area contributed by atoms with E-state index < -0.39 is 0 Å². The monoisotopic (exact) mass is 444 g/mol. The summed E-state index contributed by atoms with van der Waals surface area (Å²) in [7, 11) is 0. The van der Waals surface area contributed by atoms with Gasteiger partial charge in [-0.15, -0.1) is 11.3 Å². The minimum atomic E-state index is -0.00226. The Morgan fingerprint density at radius 1 is 1.17 bits per heavy atom. The van der Waals surface area contributed by atoms with Crippen molar-refractivity contribution in [1.29, 1.82) is 0 Å². The van der Waals surface area contributed by atoms with E-state index >= 15 is 0 Å². The van der Waals surface area contributed by atoms with E-state index in [-0.39, 0.29) is 5.91 Å². The Hall–Kier alpha value is -2.49. The predicted octanol–water partition coefficient (Wildman–Crippen LogP) is 3.38. The number of rotatable bonds is 6. The molecule has 156 valence electrons. The largest absolute Gasteiger partial charge is 0.359 e. The summed E-state index contributed by atoms with van der Waals surface area (Å²) in [6, 6.07) is 7.87. The molecule has 0 unspecified atom stereocenters. The maximum Gasteiger partial charge on any atom is 0.273 e. The molecule has 0 spiro atoms. The lowest BCUT2D eigenvalue weighted by molar-refractivity contribution is 0.0610. The molecule has 2 fully saturated rings. The molecule has 0 atom stereocenters. The summed E-state index contributed by atoms with van der Waals surface area (Å²) < 4.78 is 5.40. The zero-order chi connectivity index (χ0) is 20.5. The molecule has 10 heteroatoms. The second-order valence-corrected chi connectivity index (χ2v) is 8.84. The highest BCUT2D eigenvalue weighted by molar-refractivity contribution is 7.13. The first-order valence-electron chi connectivity index (χ1n) is 9.96. The fourth-order valence-corrected chi connectivity index (χ4v) is 4.23. The molecule has 8 nitrogen and oxygen atoms in total. The van der Waals surface area contributed by atoms with Crippen LogP contribution in [0.5, 0.6) is 0 Å². The van der Waals surface area contributed by atoms with E-state index in [4.69, 9.17) is 16.1 Å². The third-order valence-corrected chi connectivity index (χ3v) is 6.24. The molecule has 0 bridgehead atoms. The Morgan fingerprint density at radius 3 is 2.67 bits per heavy atom. The number of nitrogens with one attached hydrogen (secondary N) is 1. The SMILES string of the molecule is O=C(c1csc(NC2CC2)n1)N1CCN(Cc2nc(-c3ccc(Cl)cc3)no2)CC1. The van der Waals surface area contributed by atoms with Crippen molar-refractivity contribution in [1.82, 2.24) is 24.9 Å². The van der Waals surface area contributed by atoms with Crippen molar-refractivity contribution in [2.24, 2.45) is 0 Å². The van der Waals surface area contributed by atoms with E-state index in [2.05, 4.69) is 25.3 Å². The van der Waals surface area contributed by atoms with Crippen molar-refractivity contribution in [2.75, 3.05) is 31.5 Å². The van der Waals surface area contributed by atoms with E-state index in [1.54, 1.807) is 12.1 Å².